The Balaban J connectivity index is 1.80. The number of carbonyl (C=O) groups excluding carboxylic acids is 1. The fraction of sp³-hybridized carbons (Fsp3) is 0.200. The molecule has 1 amide bonds. The molecule has 1 heterocycles. The minimum absolute atomic E-state index is 0.177. The molecule has 0 bridgehead atoms. The number of hydrogen-bond acceptors (Lipinski definition) is 3. The fourth-order valence-corrected chi connectivity index (χ4v) is 1.96. The molecule has 1 aromatic heterocycles. The molecule has 2 aromatic rings. The molecule has 21 heavy (non-hydrogen) atoms. The van der Waals surface area contributed by atoms with E-state index in [0.29, 0.717) is 18.7 Å². The molecule has 0 aliphatic carbocycles. The van der Waals surface area contributed by atoms with Crippen LogP contribution in [0.5, 0.6) is 5.75 Å². The zero-order chi connectivity index (χ0) is 15.2. The Morgan fingerprint density at radius 2 is 2.14 bits per heavy atom. The molecule has 0 saturated heterocycles. The number of nitrogens with zero attached hydrogens (tertiary/aromatic N) is 1. The zero-order valence-corrected chi connectivity index (χ0v) is 12.9. The van der Waals surface area contributed by atoms with Gasteiger partial charge in [0.25, 0.3) is 5.91 Å². The molecule has 0 aliphatic rings. The van der Waals surface area contributed by atoms with Crippen LogP contribution in [0.25, 0.3) is 0 Å². The summed E-state index contributed by atoms with van der Waals surface area (Å²) >= 11 is 11.5. The summed E-state index contributed by atoms with van der Waals surface area (Å²) in [5, 5.41) is 3.15. The number of nitrogens with one attached hydrogen (secondary N) is 1. The molecule has 1 aromatic carbocycles. The number of carbonyl (C=O) groups is 1. The number of pyridine rings is 1. The molecule has 4 nitrogen and oxygen atoms in total. The van der Waals surface area contributed by atoms with Gasteiger partial charge in [-0.1, -0.05) is 35.3 Å². The first-order chi connectivity index (χ1) is 10.1. The largest absolute Gasteiger partial charge is 0.492 e. The van der Waals surface area contributed by atoms with Crippen molar-refractivity contribution in [1.29, 1.82) is 0 Å². The van der Waals surface area contributed by atoms with Crippen LogP contribution in [-0.4, -0.2) is 24.0 Å². The molecular weight excluding hydrogens is 311 g/mol. The molecule has 0 aliphatic heterocycles. The number of rotatable bonds is 5. The maximum atomic E-state index is 11.9. The average Bonchev–Trinajstić information content (AvgIpc) is 2.46. The quantitative estimate of drug-likeness (QED) is 0.676. The lowest BCUT2D eigenvalue weighted by atomic mass is 10.2. The standard InChI is InChI=1S/C15H14Cl2N2O2/c1-10-3-2-4-12(7-10)21-6-5-18-15(20)11-8-13(16)14(17)19-9-11/h2-4,7-9H,5-6H2,1H3,(H,18,20). The summed E-state index contributed by atoms with van der Waals surface area (Å²) in [6.07, 6.45) is 1.38. The summed E-state index contributed by atoms with van der Waals surface area (Å²) < 4.78 is 5.54. The van der Waals surface area contributed by atoms with E-state index in [1.54, 1.807) is 0 Å². The molecule has 0 atom stereocenters. The molecular formula is C15H14Cl2N2O2. The molecule has 110 valence electrons. The third kappa shape index (κ3) is 4.62. The summed E-state index contributed by atoms with van der Waals surface area (Å²) in [5.41, 5.74) is 1.48. The van der Waals surface area contributed by atoms with Gasteiger partial charge in [-0.15, -0.1) is 0 Å². The summed E-state index contributed by atoms with van der Waals surface area (Å²) in [6, 6.07) is 9.20. The SMILES string of the molecule is Cc1cccc(OCCNC(=O)c2cnc(Cl)c(Cl)c2)c1. The van der Waals surface area contributed by atoms with Gasteiger partial charge in [0.05, 0.1) is 17.1 Å². The summed E-state index contributed by atoms with van der Waals surface area (Å²) in [7, 11) is 0. The molecule has 1 N–H and O–H groups in total. The minimum Gasteiger partial charge on any atom is -0.492 e. The highest BCUT2D eigenvalue weighted by molar-refractivity contribution is 6.41. The van der Waals surface area contributed by atoms with E-state index in [1.807, 2.05) is 31.2 Å². The van der Waals surface area contributed by atoms with Crippen LogP contribution in [0.3, 0.4) is 0 Å². The van der Waals surface area contributed by atoms with Gasteiger partial charge in [0, 0.05) is 6.20 Å². The molecule has 2 rings (SSSR count). The highest BCUT2D eigenvalue weighted by atomic mass is 35.5. The second-order valence-electron chi connectivity index (χ2n) is 4.42. The summed E-state index contributed by atoms with van der Waals surface area (Å²) in [4.78, 5) is 15.7. The van der Waals surface area contributed by atoms with Crippen molar-refractivity contribution in [2.45, 2.75) is 6.92 Å². The van der Waals surface area contributed by atoms with E-state index >= 15 is 0 Å². The number of aryl methyl sites for hydroxylation is 1. The molecule has 0 spiro atoms. The molecule has 0 saturated carbocycles. The van der Waals surface area contributed by atoms with Gasteiger partial charge in [0.1, 0.15) is 17.5 Å². The smallest absolute Gasteiger partial charge is 0.253 e. The van der Waals surface area contributed by atoms with Gasteiger partial charge in [-0.2, -0.15) is 0 Å². The predicted molar refractivity (Wildman–Crippen MR) is 83.3 cm³/mol. The van der Waals surface area contributed by atoms with E-state index in [1.165, 1.54) is 12.3 Å². The van der Waals surface area contributed by atoms with Gasteiger partial charge < -0.3 is 10.1 Å². The van der Waals surface area contributed by atoms with E-state index in [0.717, 1.165) is 11.3 Å². The average molecular weight is 325 g/mol. The van der Waals surface area contributed by atoms with Crippen molar-refractivity contribution in [3.8, 4) is 5.75 Å². The zero-order valence-electron chi connectivity index (χ0n) is 11.4. The monoisotopic (exact) mass is 324 g/mol. The lowest BCUT2D eigenvalue weighted by Crippen LogP contribution is -2.28. The first-order valence-electron chi connectivity index (χ1n) is 6.35. The van der Waals surface area contributed by atoms with E-state index in [2.05, 4.69) is 10.3 Å². The highest BCUT2D eigenvalue weighted by Crippen LogP contribution is 2.19. The van der Waals surface area contributed by atoms with Crippen molar-refractivity contribution >= 4 is 29.1 Å². The van der Waals surface area contributed by atoms with Crippen molar-refractivity contribution in [1.82, 2.24) is 10.3 Å². The maximum Gasteiger partial charge on any atom is 0.253 e. The highest BCUT2D eigenvalue weighted by Gasteiger charge is 2.08. The number of halogens is 2. The van der Waals surface area contributed by atoms with E-state index < -0.39 is 0 Å². The minimum atomic E-state index is -0.270. The number of benzene rings is 1. The molecule has 0 radical (unpaired) electrons. The molecule has 0 unspecified atom stereocenters. The Morgan fingerprint density at radius 1 is 1.33 bits per heavy atom. The normalized spacial score (nSPS) is 10.2. The van der Waals surface area contributed by atoms with Crippen LogP contribution in [0.1, 0.15) is 15.9 Å². The van der Waals surface area contributed by atoms with Gasteiger partial charge in [0.2, 0.25) is 0 Å². The lowest BCUT2D eigenvalue weighted by molar-refractivity contribution is 0.0946. The van der Waals surface area contributed by atoms with Crippen LogP contribution in [0, 0.1) is 6.92 Å². The number of aromatic nitrogens is 1. The van der Waals surface area contributed by atoms with Crippen LogP contribution < -0.4 is 10.1 Å². The van der Waals surface area contributed by atoms with Crippen LogP contribution in [-0.2, 0) is 0 Å². The van der Waals surface area contributed by atoms with Gasteiger partial charge in [-0.25, -0.2) is 4.98 Å². The van der Waals surface area contributed by atoms with E-state index in [9.17, 15) is 4.79 Å². The van der Waals surface area contributed by atoms with Gasteiger partial charge in [-0.3, -0.25) is 4.79 Å². The Hall–Kier alpha value is -1.78. The second-order valence-corrected chi connectivity index (χ2v) is 5.18. The Morgan fingerprint density at radius 3 is 2.86 bits per heavy atom. The van der Waals surface area contributed by atoms with Gasteiger partial charge in [0.15, 0.2) is 0 Å². The summed E-state index contributed by atoms with van der Waals surface area (Å²) in [5.74, 6) is 0.509. The van der Waals surface area contributed by atoms with E-state index in [4.69, 9.17) is 27.9 Å². The van der Waals surface area contributed by atoms with Crippen molar-refractivity contribution < 1.29 is 9.53 Å². The van der Waals surface area contributed by atoms with Crippen LogP contribution in [0.4, 0.5) is 0 Å². The lowest BCUT2D eigenvalue weighted by Gasteiger charge is -2.08. The number of hydrogen-bond donors (Lipinski definition) is 1. The van der Waals surface area contributed by atoms with Crippen molar-refractivity contribution in [2.24, 2.45) is 0 Å². The van der Waals surface area contributed by atoms with Crippen LogP contribution in [0.2, 0.25) is 10.2 Å². The topological polar surface area (TPSA) is 51.2 Å². The van der Waals surface area contributed by atoms with Crippen LogP contribution in [0.15, 0.2) is 36.5 Å². The first kappa shape index (κ1) is 15.6. The first-order valence-corrected chi connectivity index (χ1v) is 7.10. The van der Waals surface area contributed by atoms with Crippen LogP contribution >= 0.6 is 23.2 Å². The fourth-order valence-electron chi connectivity index (χ4n) is 1.69. The van der Waals surface area contributed by atoms with Gasteiger partial charge in [-0.05, 0) is 30.7 Å². The Kier molecular flexibility index (Phi) is 5.42. The van der Waals surface area contributed by atoms with E-state index in [-0.39, 0.29) is 16.1 Å². The Labute approximate surface area is 133 Å². The second kappa shape index (κ2) is 7.29. The van der Waals surface area contributed by atoms with Gasteiger partial charge >= 0.3 is 0 Å². The molecule has 6 heteroatoms. The number of ether oxygens (including phenoxy) is 1. The Bertz CT molecular complexity index is 647. The third-order valence-electron chi connectivity index (χ3n) is 2.70. The predicted octanol–water partition coefficient (Wildman–Crippen LogP) is 3.51. The third-order valence-corrected chi connectivity index (χ3v) is 3.39. The summed E-state index contributed by atoms with van der Waals surface area (Å²) in [6.45, 7) is 2.75. The van der Waals surface area contributed by atoms with Crippen molar-refractivity contribution in [2.75, 3.05) is 13.2 Å². The van der Waals surface area contributed by atoms with Crippen molar-refractivity contribution in [3.05, 3.63) is 57.8 Å². The van der Waals surface area contributed by atoms with Crippen molar-refractivity contribution in [3.63, 3.8) is 0 Å². The number of amides is 1. The molecule has 0 fully saturated rings. The maximum absolute atomic E-state index is 11.9.